The Kier molecular flexibility index (Phi) is 1.98. The molecule has 14 heavy (non-hydrogen) atoms. The van der Waals surface area contributed by atoms with Crippen LogP contribution < -0.4 is 11.5 Å². The first-order valence-electron chi connectivity index (χ1n) is 4.06. The average molecular weight is 187 g/mol. The summed E-state index contributed by atoms with van der Waals surface area (Å²) in [6, 6.07) is 5.38. The van der Waals surface area contributed by atoms with E-state index in [1.807, 2.05) is 12.1 Å². The number of nitrogens with zero attached hydrogens (tertiary/aromatic N) is 3. The van der Waals surface area contributed by atoms with Crippen molar-refractivity contribution in [1.82, 2.24) is 15.2 Å². The summed E-state index contributed by atoms with van der Waals surface area (Å²) in [6.45, 7) is 0. The number of nitrogen functional groups attached to an aromatic ring is 2. The van der Waals surface area contributed by atoms with E-state index < -0.39 is 0 Å². The first kappa shape index (κ1) is 8.43. The zero-order valence-corrected chi connectivity index (χ0v) is 7.38. The molecule has 5 nitrogen and oxygen atoms in total. The fourth-order valence-electron chi connectivity index (χ4n) is 1.07. The van der Waals surface area contributed by atoms with E-state index in [4.69, 9.17) is 11.5 Å². The number of nitrogens with two attached hydrogens (primary N) is 2. The van der Waals surface area contributed by atoms with E-state index in [1.165, 1.54) is 0 Å². The molecule has 0 aliphatic rings. The molecule has 0 radical (unpaired) electrons. The lowest BCUT2D eigenvalue weighted by molar-refractivity contribution is 1.05. The molecule has 70 valence electrons. The topological polar surface area (TPSA) is 90.7 Å². The molecular weight excluding hydrogens is 178 g/mol. The van der Waals surface area contributed by atoms with Gasteiger partial charge in [-0.25, -0.2) is 0 Å². The Morgan fingerprint density at radius 1 is 1.14 bits per heavy atom. The fourth-order valence-corrected chi connectivity index (χ4v) is 1.07. The first-order chi connectivity index (χ1) is 6.77. The van der Waals surface area contributed by atoms with E-state index in [-0.39, 0.29) is 5.82 Å². The summed E-state index contributed by atoms with van der Waals surface area (Å²) in [7, 11) is 0. The average Bonchev–Trinajstić information content (AvgIpc) is 2.23. The third kappa shape index (κ3) is 1.47. The van der Waals surface area contributed by atoms with Crippen LogP contribution in [0.5, 0.6) is 0 Å². The van der Waals surface area contributed by atoms with Gasteiger partial charge in [-0.2, -0.15) is 0 Å². The van der Waals surface area contributed by atoms with Gasteiger partial charge in [0.1, 0.15) is 0 Å². The van der Waals surface area contributed by atoms with E-state index in [2.05, 4.69) is 15.2 Å². The Balaban J connectivity index is 2.48. The van der Waals surface area contributed by atoms with Gasteiger partial charge in [0.2, 0.25) is 0 Å². The van der Waals surface area contributed by atoms with E-state index in [9.17, 15) is 0 Å². The van der Waals surface area contributed by atoms with Gasteiger partial charge in [-0.15, -0.1) is 10.2 Å². The molecule has 2 aromatic rings. The highest BCUT2D eigenvalue weighted by Gasteiger charge is 2.02. The number of rotatable bonds is 1. The molecule has 0 spiro atoms. The summed E-state index contributed by atoms with van der Waals surface area (Å²) >= 11 is 0. The van der Waals surface area contributed by atoms with Crippen LogP contribution in [-0.4, -0.2) is 15.2 Å². The largest absolute Gasteiger partial charge is 0.396 e. The fraction of sp³-hybridized carbons (Fsp3) is 0. The molecule has 0 unspecified atom stereocenters. The molecule has 0 aromatic carbocycles. The SMILES string of the molecule is Nc1cc(-c2cccnc2)nnc1N. The predicted molar refractivity (Wildman–Crippen MR) is 54.1 cm³/mol. The Morgan fingerprint density at radius 3 is 2.64 bits per heavy atom. The summed E-state index contributed by atoms with van der Waals surface area (Å²) in [5, 5.41) is 7.64. The van der Waals surface area contributed by atoms with Crippen LogP contribution in [0.1, 0.15) is 0 Å². The minimum Gasteiger partial charge on any atom is -0.396 e. The molecule has 0 saturated carbocycles. The maximum atomic E-state index is 5.61. The summed E-state index contributed by atoms with van der Waals surface area (Å²) in [4.78, 5) is 3.97. The van der Waals surface area contributed by atoms with Gasteiger partial charge in [-0.05, 0) is 18.2 Å². The molecule has 0 aliphatic carbocycles. The van der Waals surface area contributed by atoms with Crippen LogP contribution in [0.4, 0.5) is 11.5 Å². The molecule has 5 heteroatoms. The van der Waals surface area contributed by atoms with Crippen molar-refractivity contribution >= 4 is 11.5 Å². The quantitative estimate of drug-likeness (QED) is 0.685. The number of hydrogen-bond acceptors (Lipinski definition) is 5. The van der Waals surface area contributed by atoms with Crippen molar-refractivity contribution in [3.8, 4) is 11.3 Å². The number of pyridine rings is 1. The maximum Gasteiger partial charge on any atom is 0.169 e. The van der Waals surface area contributed by atoms with Crippen LogP contribution in [0.15, 0.2) is 30.6 Å². The smallest absolute Gasteiger partial charge is 0.169 e. The van der Waals surface area contributed by atoms with Crippen molar-refractivity contribution in [2.75, 3.05) is 11.5 Å². The monoisotopic (exact) mass is 187 g/mol. The van der Waals surface area contributed by atoms with Crippen LogP contribution in [0, 0.1) is 0 Å². The minimum atomic E-state index is 0.248. The van der Waals surface area contributed by atoms with Gasteiger partial charge < -0.3 is 11.5 Å². The second-order valence-electron chi connectivity index (χ2n) is 2.81. The maximum absolute atomic E-state index is 5.61. The summed E-state index contributed by atoms with van der Waals surface area (Å²) in [6.07, 6.45) is 3.39. The summed E-state index contributed by atoms with van der Waals surface area (Å²) < 4.78 is 0. The van der Waals surface area contributed by atoms with E-state index in [0.29, 0.717) is 11.4 Å². The molecule has 0 saturated heterocycles. The third-order valence-corrected chi connectivity index (χ3v) is 1.81. The normalized spacial score (nSPS) is 10.0. The molecule has 2 heterocycles. The van der Waals surface area contributed by atoms with Crippen LogP contribution in [0.3, 0.4) is 0 Å². The zero-order chi connectivity index (χ0) is 9.97. The molecule has 2 rings (SSSR count). The van der Waals surface area contributed by atoms with Crippen molar-refractivity contribution < 1.29 is 0 Å². The molecule has 0 aliphatic heterocycles. The second-order valence-corrected chi connectivity index (χ2v) is 2.81. The van der Waals surface area contributed by atoms with Crippen molar-refractivity contribution in [2.24, 2.45) is 0 Å². The van der Waals surface area contributed by atoms with Gasteiger partial charge in [0, 0.05) is 18.0 Å². The van der Waals surface area contributed by atoms with Crippen LogP contribution in [0.2, 0.25) is 0 Å². The van der Waals surface area contributed by atoms with E-state index in [0.717, 1.165) is 5.56 Å². The molecule has 2 aromatic heterocycles. The van der Waals surface area contributed by atoms with Gasteiger partial charge in [0.25, 0.3) is 0 Å². The standard InChI is InChI=1S/C9H9N5/c10-7-4-8(13-14-9(7)11)6-2-1-3-12-5-6/h1-5H,(H2,10,13)(H2,11,14). The number of aromatic nitrogens is 3. The van der Waals surface area contributed by atoms with Crippen molar-refractivity contribution in [1.29, 1.82) is 0 Å². The van der Waals surface area contributed by atoms with Crippen molar-refractivity contribution in [2.45, 2.75) is 0 Å². The van der Waals surface area contributed by atoms with E-state index >= 15 is 0 Å². The molecule has 0 amide bonds. The van der Waals surface area contributed by atoms with Crippen LogP contribution in [0.25, 0.3) is 11.3 Å². The predicted octanol–water partition coefficient (Wildman–Crippen LogP) is 0.703. The van der Waals surface area contributed by atoms with Gasteiger partial charge in [-0.1, -0.05) is 0 Å². The Morgan fingerprint density at radius 2 is 2.00 bits per heavy atom. The summed E-state index contributed by atoms with van der Waals surface area (Å²) in [5.74, 6) is 0.248. The van der Waals surface area contributed by atoms with E-state index in [1.54, 1.807) is 18.5 Å². The van der Waals surface area contributed by atoms with Gasteiger partial charge in [0.05, 0.1) is 11.4 Å². The first-order valence-corrected chi connectivity index (χ1v) is 4.06. The van der Waals surface area contributed by atoms with Gasteiger partial charge in [-0.3, -0.25) is 4.98 Å². The minimum absolute atomic E-state index is 0.248. The Hall–Kier alpha value is -2.17. The highest BCUT2D eigenvalue weighted by atomic mass is 15.1. The third-order valence-electron chi connectivity index (χ3n) is 1.81. The molecule has 4 N–H and O–H groups in total. The van der Waals surface area contributed by atoms with Crippen molar-refractivity contribution in [3.05, 3.63) is 30.6 Å². The summed E-state index contributed by atoms with van der Waals surface area (Å²) in [5.41, 5.74) is 13.0. The zero-order valence-electron chi connectivity index (χ0n) is 7.38. The van der Waals surface area contributed by atoms with Crippen LogP contribution >= 0.6 is 0 Å². The lowest BCUT2D eigenvalue weighted by atomic mass is 10.2. The Bertz CT molecular complexity index is 440. The van der Waals surface area contributed by atoms with Gasteiger partial charge in [0.15, 0.2) is 5.82 Å². The lowest BCUT2D eigenvalue weighted by Gasteiger charge is -2.01. The van der Waals surface area contributed by atoms with Crippen LogP contribution in [-0.2, 0) is 0 Å². The van der Waals surface area contributed by atoms with Crippen molar-refractivity contribution in [3.63, 3.8) is 0 Å². The molecule has 0 bridgehead atoms. The molecule has 0 atom stereocenters. The number of anilines is 2. The molecular formula is C9H9N5. The molecule has 0 fully saturated rings. The van der Waals surface area contributed by atoms with Gasteiger partial charge >= 0.3 is 0 Å². The second kappa shape index (κ2) is 3.29. The highest BCUT2D eigenvalue weighted by Crippen LogP contribution is 2.19. The highest BCUT2D eigenvalue weighted by molar-refractivity contribution is 5.67. The lowest BCUT2D eigenvalue weighted by Crippen LogP contribution is -2.00. The Labute approximate surface area is 80.8 Å². The number of hydrogen-bond donors (Lipinski definition) is 2.